The fraction of sp³-hybridized carbons (Fsp3) is 0.520. The van der Waals surface area contributed by atoms with Crippen LogP contribution in [0.15, 0.2) is 30.5 Å². The number of amides is 4. The third-order valence-electron chi connectivity index (χ3n) is 6.33. The van der Waals surface area contributed by atoms with Crippen LogP contribution in [0.1, 0.15) is 56.1 Å². The van der Waals surface area contributed by atoms with Crippen LogP contribution in [0.25, 0.3) is 0 Å². The summed E-state index contributed by atoms with van der Waals surface area (Å²) >= 11 is 0. The van der Waals surface area contributed by atoms with E-state index in [1.807, 2.05) is 13.8 Å². The number of nitrogens with zero attached hydrogens (tertiary/aromatic N) is 3. The van der Waals surface area contributed by atoms with Gasteiger partial charge in [0, 0.05) is 5.56 Å². The first-order valence-electron chi connectivity index (χ1n) is 12.5. The topological polar surface area (TPSA) is 156 Å². The lowest BCUT2D eigenvalue weighted by Crippen LogP contribution is -2.56. The van der Waals surface area contributed by atoms with Crippen molar-refractivity contribution >= 4 is 23.6 Å². The summed E-state index contributed by atoms with van der Waals surface area (Å²) < 4.78 is 7.38. The van der Waals surface area contributed by atoms with E-state index >= 15 is 0 Å². The van der Waals surface area contributed by atoms with Crippen LogP contribution in [0, 0.1) is 5.92 Å². The lowest BCUT2D eigenvalue weighted by molar-refractivity contribution is -0.132. The van der Waals surface area contributed by atoms with Gasteiger partial charge in [0.2, 0.25) is 17.7 Å². The normalized spacial score (nSPS) is 22.7. The summed E-state index contributed by atoms with van der Waals surface area (Å²) in [6, 6.07) is 5.00. The zero-order valence-electron chi connectivity index (χ0n) is 21.2. The summed E-state index contributed by atoms with van der Waals surface area (Å²) in [5.41, 5.74) is -0.152. The molecule has 12 nitrogen and oxygen atoms in total. The van der Waals surface area contributed by atoms with E-state index in [2.05, 4.69) is 31.6 Å². The maximum absolute atomic E-state index is 13.0. The van der Waals surface area contributed by atoms with E-state index in [-0.39, 0.29) is 25.0 Å². The van der Waals surface area contributed by atoms with Crippen LogP contribution in [0.2, 0.25) is 0 Å². The quantitative estimate of drug-likeness (QED) is 0.451. The molecule has 2 aliphatic rings. The van der Waals surface area contributed by atoms with Crippen LogP contribution >= 0.6 is 0 Å². The Hall–Kier alpha value is -3.96. The number of hydrogen-bond acceptors (Lipinski definition) is 7. The number of hydrogen-bond donors (Lipinski definition) is 4. The van der Waals surface area contributed by atoms with Crippen molar-refractivity contribution in [3.05, 3.63) is 41.7 Å². The smallest absolute Gasteiger partial charge is 0.252 e. The molecule has 12 heteroatoms. The average Bonchev–Trinajstić information content (AvgIpc) is 3.50. The molecule has 37 heavy (non-hydrogen) atoms. The predicted octanol–water partition coefficient (Wildman–Crippen LogP) is 0.285. The number of benzene rings is 1. The Kier molecular flexibility index (Phi) is 7.74. The van der Waals surface area contributed by atoms with Crippen LogP contribution in [-0.2, 0) is 27.5 Å². The van der Waals surface area contributed by atoms with Crippen LogP contribution in [0.3, 0.4) is 0 Å². The summed E-state index contributed by atoms with van der Waals surface area (Å²) in [5, 5.41) is 19.2. The lowest BCUT2D eigenvalue weighted by Gasteiger charge is -2.24. The van der Waals surface area contributed by atoms with Crippen LogP contribution in [0.4, 0.5) is 0 Å². The van der Waals surface area contributed by atoms with E-state index in [0.717, 1.165) is 0 Å². The van der Waals surface area contributed by atoms with E-state index in [1.165, 1.54) is 0 Å². The third-order valence-corrected chi connectivity index (χ3v) is 6.33. The summed E-state index contributed by atoms with van der Waals surface area (Å²) in [5.74, 6) is -1.04. The molecule has 4 amide bonds. The summed E-state index contributed by atoms with van der Waals surface area (Å²) in [6.07, 6.45) is 3.06. The van der Waals surface area contributed by atoms with Gasteiger partial charge < -0.3 is 26.0 Å². The highest BCUT2D eigenvalue weighted by atomic mass is 16.5. The Bertz CT molecular complexity index is 1170. The second kappa shape index (κ2) is 11.0. The van der Waals surface area contributed by atoms with Crippen molar-refractivity contribution in [2.75, 3.05) is 6.61 Å². The summed E-state index contributed by atoms with van der Waals surface area (Å²) in [7, 11) is 0. The van der Waals surface area contributed by atoms with E-state index in [1.54, 1.807) is 42.1 Å². The predicted molar refractivity (Wildman–Crippen MR) is 132 cm³/mol. The van der Waals surface area contributed by atoms with Gasteiger partial charge in [-0.15, -0.1) is 5.10 Å². The molecule has 1 spiro atoms. The first kappa shape index (κ1) is 26.1. The van der Waals surface area contributed by atoms with Gasteiger partial charge in [-0.3, -0.25) is 19.2 Å². The van der Waals surface area contributed by atoms with E-state index < -0.39 is 35.3 Å². The number of fused-ring (bicyclic) bond motifs is 4. The molecule has 1 aliphatic heterocycles. The molecule has 2 atom stereocenters. The van der Waals surface area contributed by atoms with Crippen LogP contribution < -0.4 is 26.0 Å². The number of carbonyl (C=O) groups is 4. The van der Waals surface area contributed by atoms with Gasteiger partial charge in [-0.05, 0) is 50.3 Å². The fourth-order valence-electron chi connectivity index (χ4n) is 4.04. The molecule has 1 fully saturated rings. The molecule has 0 radical (unpaired) electrons. The van der Waals surface area contributed by atoms with Crippen molar-refractivity contribution in [3.63, 3.8) is 0 Å². The SMILES string of the molecule is CC(C)C[C@H]1NC(=O)[C@@H](C)NC(=O)C2(CC2)NC(=O)c2cccc(c2)OCCn2cc(nn2)CNC1=O. The van der Waals surface area contributed by atoms with Gasteiger partial charge in [0.25, 0.3) is 5.91 Å². The molecule has 198 valence electrons. The van der Waals surface area contributed by atoms with Gasteiger partial charge >= 0.3 is 0 Å². The van der Waals surface area contributed by atoms with Crippen LogP contribution in [-0.4, -0.2) is 62.9 Å². The second-order valence-electron chi connectivity index (χ2n) is 9.99. The molecular formula is C25H33N7O5. The zero-order valence-corrected chi connectivity index (χ0v) is 21.2. The van der Waals surface area contributed by atoms with Gasteiger partial charge in [0.15, 0.2) is 0 Å². The molecule has 1 aromatic carbocycles. The molecule has 2 heterocycles. The highest BCUT2D eigenvalue weighted by molar-refractivity contribution is 6.02. The number of ether oxygens (including phenoxy) is 1. The van der Waals surface area contributed by atoms with Gasteiger partial charge in [-0.2, -0.15) is 0 Å². The first-order chi connectivity index (χ1) is 17.6. The first-order valence-corrected chi connectivity index (χ1v) is 12.5. The standard InChI is InChI=1S/C25H33N7O5/c1-15(2)11-20-23(35)26-13-18-14-32(31-30-18)9-10-37-19-6-4-5-17(12-19)22(34)29-25(7-8-25)24(36)27-16(3)21(33)28-20/h4-6,12,14-16,20H,7-11,13H2,1-3H3,(H,26,35)(H,27,36)(H,28,33)(H,29,34)/t16-,20-/m1/s1. The van der Waals surface area contributed by atoms with E-state index in [0.29, 0.717) is 42.8 Å². The Morgan fingerprint density at radius 1 is 1.14 bits per heavy atom. The van der Waals surface area contributed by atoms with Crippen molar-refractivity contribution in [2.45, 2.75) is 70.7 Å². The largest absolute Gasteiger partial charge is 0.492 e. The van der Waals surface area contributed by atoms with Crippen molar-refractivity contribution in [3.8, 4) is 5.75 Å². The molecule has 1 aromatic heterocycles. The Balaban J connectivity index is 1.55. The van der Waals surface area contributed by atoms with Crippen LogP contribution in [0.5, 0.6) is 5.75 Å². The number of aromatic nitrogens is 3. The van der Waals surface area contributed by atoms with Crippen molar-refractivity contribution in [1.82, 2.24) is 36.3 Å². The van der Waals surface area contributed by atoms with Crippen molar-refractivity contribution in [1.29, 1.82) is 0 Å². The molecule has 1 saturated carbocycles. The zero-order chi connectivity index (χ0) is 26.6. The Morgan fingerprint density at radius 2 is 1.92 bits per heavy atom. The minimum absolute atomic E-state index is 0.138. The molecule has 0 unspecified atom stereocenters. The van der Waals surface area contributed by atoms with E-state index in [4.69, 9.17) is 4.74 Å². The Morgan fingerprint density at radius 3 is 2.65 bits per heavy atom. The fourth-order valence-corrected chi connectivity index (χ4v) is 4.04. The maximum atomic E-state index is 13.0. The van der Waals surface area contributed by atoms with Gasteiger partial charge in [-0.1, -0.05) is 25.1 Å². The van der Waals surface area contributed by atoms with E-state index in [9.17, 15) is 19.2 Å². The number of rotatable bonds is 2. The van der Waals surface area contributed by atoms with Gasteiger partial charge in [0.05, 0.1) is 19.3 Å². The third kappa shape index (κ3) is 6.63. The monoisotopic (exact) mass is 511 g/mol. The molecule has 2 aromatic rings. The number of carbonyl (C=O) groups excluding carboxylic acids is 4. The summed E-state index contributed by atoms with van der Waals surface area (Å²) in [6.45, 7) is 6.29. The van der Waals surface area contributed by atoms with Crippen molar-refractivity contribution in [2.24, 2.45) is 5.92 Å². The minimum atomic E-state index is -1.07. The summed E-state index contributed by atoms with van der Waals surface area (Å²) in [4.78, 5) is 51.7. The Labute approximate surface area is 214 Å². The highest BCUT2D eigenvalue weighted by Gasteiger charge is 2.51. The average molecular weight is 512 g/mol. The maximum Gasteiger partial charge on any atom is 0.252 e. The van der Waals surface area contributed by atoms with Crippen molar-refractivity contribution < 1.29 is 23.9 Å². The van der Waals surface area contributed by atoms with Gasteiger partial charge in [0.1, 0.15) is 35.7 Å². The second-order valence-corrected chi connectivity index (χ2v) is 9.99. The molecule has 4 rings (SSSR count). The lowest BCUT2D eigenvalue weighted by atomic mass is 10.0. The highest BCUT2D eigenvalue weighted by Crippen LogP contribution is 2.36. The molecule has 0 saturated heterocycles. The van der Waals surface area contributed by atoms with Gasteiger partial charge in [-0.25, -0.2) is 4.68 Å². The number of nitrogens with one attached hydrogen (secondary N) is 4. The molecule has 4 bridgehead atoms. The molecule has 1 aliphatic carbocycles. The molecular weight excluding hydrogens is 478 g/mol. The minimum Gasteiger partial charge on any atom is -0.492 e. The molecule has 4 N–H and O–H groups in total.